The molecule has 1 saturated carbocycles. The Hall–Kier alpha value is -2.89. The van der Waals surface area contributed by atoms with E-state index in [0.717, 1.165) is 67.9 Å². The van der Waals surface area contributed by atoms with Crippen LogP contribution in [0.15, 0.2) is 53.3 Å². The van der Waals surface area contributed by atoms with E-state index in [4.69, 9.17) is 4.42 Å². The summed E-state index contributed by atoms with van der Waals surface area (Å²) >= 11 is 0. The number of hydrogen-bond donors (Lipinski definition) is 0. The molecule has 0 bridgehead atoms. The molecule has 2 fully saturated rings. The van der Waals surface area contributed by atoms with Gasteiger partial charge in [-0.3, -0.25) is 9.48 Å². The first-order valence-electron chi connectivity index (χ1n) is 10.1. The van der Waals surface area contributed by atoms with E-state index in [-0.39, 0.29) is 0 Å². The zero-order valence-electron chi connectivity index (χ0n) is 15.8. The normalized spacial score (nSPS) is 17.8. The minimum absolute atomic E-state index is 0.325. The van der Waals surface area contributed by atoms with Crippen LogP contribution in [0.3, 0.4) is 0 Å². The number of piperidine rings is 1. The van der Waals surface area contributed by atoms with Crippen LogP contribution in [-0.2, 0) is 11.3 Å². The molecule has 6 nitrogen and oxygen atoms in total. The summed E-state index contributed by atoms with van der Waals surface area (Å²) in [6.45, 7) is 2.62. The van der Waals surface area contributed by atoms with Crippen molar-refractivity contribution in [2.75, 3.05) is 13.1 Å². The van der Waals surface area contributed by atoms with Crippen molar-refractivity contribution >= 4 is 5.91 Å². The van der Waals surface area contributed by atoms with E-state index in [1.165, 1.54) is 0 Å². The van der Waals surface area contributed by atoms with E-state index in [1.54, 1.807) is 6.26 Å². The third-order valence-corrected chi connectivity index (χ3v) is 5.80. The first-order valence-corrected chi connectivity index (χ1v) is 10.1. The van der Waals surface area contributed by atoms with Gasteiger partial charge in [0.25, 0.3) is 0 Å². The van der Waals surface area contributed by atoms with Gasteiger partial charge in [0, 0.05) is 36.7 Å². The summed E-state index contributed by atoms with van der Waals surface area (Å²) < 4.78 is 7.43. The highest BCUT2D eigenvalue weighted by atomic mass is 16.3. The minimum atomic E-state index is 0.325. The summed E-state index contributed by atoms with van der Waals surface area (Å²) in [6.07, 6.45) is 7.96. The average Bonchev–Trinajstić information content (AvgIpc) is 3.24. The molecular weight excluding hydrogens is 352 g/mol. The molecule has 3 aromatic rings. The van der Waals surface area contributed by atoms with Crippen LogP contribution in [0, 0.1) is 11.8 Å². The lowest BCUT2D eigenvalue weighted by molar-refractivity contribution is -0.134. The number of nitrogens with zero attached hydrogens (tertiary/aromatic N) is 4. The third-order valence-electron chi connectivity index (χ3n) is 5.80. The standard InChI is InChI=1S/C22H24N4O2/c27-22(17-6-7-17)25-10-8-16(9-11-25)14-26-15-20(23-24-26)18-3-1-4-19(13-18)21-5-2-12-28-21/h1-5,12-13,15-17H,6-11,14H2. The Bertz CT molecular complexity index is 951. The van der Waals surface area contributed by atoms with E-state index in [1.807, 2.05) is 41.2 Å². The molecule has 2 aromatic heterocycles. The maximum absolute atomic E-state index is 12.2. The fourth-order valence-corrected chi connectivity index (χ4v) is 3.98. The molecule has 1 aliphatic heterocycles. The fourth-order valence-electron chi connectivity index (χ4n) is 3.98. The van der Waals surface area contributed by atoms with Crippen LogP contribution in [-0.4, -0.2) is 38.9 Å². The maximum Gasteiger partial charge on any atom is 0.225 e. The van der Waals surface area contributed by atoms with Crippen LogP contribution >= 0.6 is 0 Å². The number of hydrogen-bond acceptors (Lipinski definition) is 4. The number of amides is 1. The number of likely N-dealkylation sites (tertiary alicyclic amines) is 1. The molecule has 1 aliphatic carbocycles. The van der Waals surface area contributed by atoms with Crippen molar-refractivity contribution in [3.05, 3.63) is 48.9 Å². The summed E-state index contributed by atoms with van der Waals surface area (Å²) in [5, 5.41) is 8.70. The Morgan fingerprint density at radius 2 is 1.89 bits per heavy atom. The first kappa shape index (κ1) is 17.2. The number of furan rings is 1. The van der Waals surface area contributed by atoms with Crippen molar-refractivity contribution in [2.24, 2.45) is 11.8 Å². The van der Waals surface area contributed by atoms with Crippen LogP contribution in [0.2, 0.25) is 0 Å². The van der Waals surface area contributed by atoms with Gasteiger partial charge in [-0.05, 0) is 49.8 Å². The Morgan fingerprint density at radius 1 is 1.07 bits per heavy atom. The predicted octanol–water partition coefficient (Wildman–Crippen LogP) is 3.85. The summed E-state index contributed by atoms with van der Waals surface area (Å²) in [4.78, 5) is 14.2. The number of carbonyl (C=O) groups excluding carboxylic acids is 1. The number of aromatic nitrogens is 3. The topological polar surface area (TPSA) is 64.2 Å². The molecule has 28 heavy (non-hydrogen) atoms. The highest BCUT2D eigenvalue weighted by molar-refractivity contribution is 5.81. The van der Waals surface area contributed by atoms with E-state index in [9.17, 15) is 4.79 Å². The quantitative estimate of drug-likeness (QED) is 0.678. The van der Waals surface area contributed by atoms with Gasteiger partial charge in [-0.2, -0.15) is 0 Å². The molecular formula is C22H24N4O2. The molecule has 6 heteroatoms. The SMILES string of the molecule is O=C(C1CC1)N1CCC(Cn2cc(-c3cccc(-c4ccco4)c3)nn2)CC1. The molecule has 3 heterocycles. The average molecular weight is 376 g/mol. The summed E-state index contributed by atoms with van der Waals surface area (Å²) in [5.41, 5.74) is 2.93. The second-order valence-corrected chi connectivity index (χ2v) is 7.93. The molecule has 144 valence electrons. The number of rotatable bonds is 5. The van der Waals surface area contributed by atoms with Gasteiger partial charge in [0.2, 0.25) is 5.91 Å². The van der Waals surface area contributed by atoms with Crippen molar-refractivity contribution in [1.82, 2.24) is 19.9 Å². The van der Waals surface area contributed by atoms with E-state index in [2.05, 4.69) is 21.3 Å². The van der Waals surface area contributed by atoms with E-state index < -0.39 is 0 Å². The van der Waals surface area contributed by atoms with Gasteiger partial charge < -0.3 is 9.32 Å². The van der Waals surface area contributed by atoms with Crippen molar-refractivity contribution in [1.29, 1.82) is 0 Å². The molecule has 1 amide bonds. The van der Waals surface area contributed by atoms with Crippen LogP contribution in [0.25, 0.3) is 22.6 Å². The van der Waals surface area contributed by atoms with Crippen molar-refractivity contribution in [3.63, 3.8) is 0 Å². The summed E-state index contributed by atoms with van der Waals surface area (Å²) in [6, 6.07) is 12.0. The van der Waals surface area contributed by atoms with Gasteiger partial charge in [0.1, 0.15) is 11.5 Å². The smallest absolute Gasteiger partial charge is 0.225 e. The van der Waals surface area contributed by atoms with Crippen LogP contribution in [0.4, 0.5) is 0 Å². The Kier molecular flexibility index (Phi) is 4.47. The van der Waals surface area contributed by atoms with Gasteiger partial charge in [-0.25, -0.2) is 0 Å². The molecule has 0 atom stereocenters. The van der Waals surface area contributed by atoms with Crippen molar-refractivity contribution < 1.29 is 9.21 Å². The molecule has 5 rings (SSSR count). The monoisotopic (exact) mass is 376 g/mol. The first-order chi connectivity index (χ1) is 13.8. The molecule has 0 radical (unpaired) electrons. The zero-order valence-corrected chi connectivity index (χ0v) is 15.8. The predicted molar refractivity (Wildman–Crippen MR) is 105 cm³/mol. The lowest BCUT2D eigenvalue weighted by atomic mass is 9.96. The van der Waals surface area contributed by atoms with E-state index >= 15 is 0 Å². The Labute approximate surface area is 164 Å². The second kappa shape index (κ2) is 7.26. The zero-order chi connectivity index (χ0) is 18.9. The van der Waals surface area contributed by atoms with E-state index in [0.29, 0.717) is 17.7 Å². The number of benzene rings is 1. The van der Waals surface area contributed by atoms with Gasteiger partial charge in [0.05, 0.1) is 12.5 Å². The largest absolute Gasteiger partial charge is 0.464 e. The van der Waals surface area contributed by atoms with Crippen LogP contribution in [0.1, 0.15) is 25.7 Å². The fraction of sp³-hybridized carbons (Fsp3) is 0.409. The van der Waals surface area contributed by atoms with Crippen molar-refractivity contribution in [3.8, 4) is 22.6 Å². The molecule has 2 aliphatic rings. The molecule has 0 N–H and O–H groups in total. The molecule has 1 saturated heterocycles. The third kappa shape index (κ3) is 3.59. The van der Waals surface area contributed by atoms with Gasteiger partial charge in [-0.1, -0.05) is 23.4 Å². The lowest BCUT2D eigenvalue weighted by Crippen LogP contribution is -2.40. The second-order valence-electron chi connectivity index (χ2n) is 7.93. The number of carbonyl (C=O) groups is 1. The highest BCUT2D eigenvalue weighted by Crippen LogP contribution is 2.32. The van der Waals surface area contributed by atoms with Gasteiger partial charge >= 0.3 is 0 Å². The minimum Gasteiger partial charge on any atom is -0.464 e. The molecule has 0 unspecified atom stereocenters. The van der Waals surface area contributed by atoms with Crippen molar-refractivity contribution in [2.45, 2.75) is 32.2 Å². The Balaban J connectivity index is 1.22. The van der Waals surface area contributed by atoms with Gasteiger partial charge in [-0.15, -0.1) is 5.10 Å². The van der Waals surface area contributed by atoms with Crippen LogP contribution < -0.4 is 0 Å². The highest BCUT2D eigenvalue weighted by Gasteiger charge is 2.34. The summed E-state index contributed by atoms with van der Waals surface area (Å²) in [5.74, 6) is 2.10. The maximum atomic E-state index is 12.2. The molecule has 1 aromatic carbocycles. The molecule has 0 spiro atoms. The Morgan fingerprint density at radius 3 is 2.64 bits per heavy atom. The van der Waals surface area contributed by atoms with Crippen LogP contribution in [0.5, 0.6) is 0 Å². The van der Waals surface area contributed by atoms with Gasteiger partial charge in [0.15, 0.2) is 0 Å². The summed E-state index contributed by atoms with van der Waals surface area (Å²) in [7, 11) is 0. The lowest BCUT2D eigenvalue weighted by Gasteiger charge is -2.32.